The number of azo groups is 2. The molecule has 1 aliphatic rings. The number of fused-ring (bicyclic) bond motifs is 2. The molecule has 0 unspecified atom stereocenters. The molecule has 0 aliphatic carbocycles. The zero-order valence-corrected chi connectivity index (χ0v) is 36.3. The van der Waals surface area contributed by atoms with Crippen molar-refractivity contribution in [1.29, 1.82) is 0 Å². The molecule has 256 valence electrons. The van der Waals surface area contributed by atoms with Crippen LogP contribution in [0.25, 0.3) is 10.8 Å². The van der Waals surface area contributed by atoms with Gasteiger partial charge in [-0.15, -0.1) is 10.2 Å². The summed E-state index contributed by atoms with van der Waals surface area (Å²) in [6.07, 6.45) is 0. The van der Waals surface area contributed by atoms with Gasteiger partial charge in [0.15, 0.2) is 11.4 Å². The van der Waals surface area contributed by atoms with Gasteiger partial charge in [-0.05, 0) is 66.9 Å². The van der Waals surface area contributed by atoms with Gasteiger partial charge in [-0.2, -0.15) is 18.9 Å². The van der Waals surface area contributed by atoms with Gasteiger partial charge in [-0.25, -0.2) is 8.42 Å². The molecule has 0 saturated carbocycles. The molecule has 52 heavy (non-hydrogen) atoms. The van der Waals surface area contributed by atoms with Gasteiger partial charge in [0, 0.05) is 21.2 Å². The Morgan fingerprint density at radius 2 is 1.54 bits per heavy atom. The van der Waals surface area contributed by atoms with Crippen molar-refractivity contribution >= 4 is 73.6 Å². The van der Waals surface area contributed by atoms with E-state index in [2.05, 4.69) is 44.5 Å². The maximum atomic E-state index is 13.3. The Kier molecular flexibility index (Phi) is 19.7. The zero-order chi connectivity index (χ0) is 35.0. The molecular formula is C28H20N5Na3O13S3. The molecule has 0 fully saturated rings. The molecule has 1 aliphatic heterocycles. The van der Waals surface area contributed by atoms with E-state index >= 15 is 0 Å². The zero-order valence-electron chi connectivity index (χ0n) is 27.9. The monoisotopic (exact) mass is 799 g/mol. The topological polar surface area (TPSA) is 246 Å². The molecule has 5 rings (SSSR count). The number of benzene rings is 4. The SMILES string of the molecule is COc1cc(N=Nc2ccc3cc(SOO[O-])cc(S(=O)(=O)[O-])c3c2)ccc1NC(=O)C1=C(C)OCOc2ccc(SOO[O-])cc2N=N1.[Na+].[Na+].[Na+]. The third-order valence-corrected chi connectivity index (χ3v) is 8.40. The van der Waals surface area contributed by atoms with Crippen LogP contribution in [0.4, 0.5) is 22.7 Å². The molecule has 0 saturated heterocycles. The van der Waals surface area contributed by atoms with E-state index < -0.39 is 20.9 Å². The van der Waals surface area contributed by atoms with Crippen LogP contribution in [0.3, 0.4) is 0 Å². The fraction of sp³-hybridized carbons (Fsp3) is 0.107. The third-order valence-electron chi connectivity index (χ3n) is 6.40. The molecule has 0 atom stereocenters. The van der Waals surface area contributed by atoms with E-state index in [-0.39, 0.29) is 140 Å². The summed E-state index contributed by atoms with van der Waals surface area (Å²) in [7, 11) is -3.56. The molecule has 1 amide bonds. The minimum atomic E-state index is -4.93. The van der Waals surface area contributed by atoms with Gasteiger partial charge in [0.1, 0.15) is 27.3 Å². The van der Waals surface area contributed by atoms with Crippen molar-refractivity contribution in [3.05, 3.63) is 78.2 Å². The second-order valence-electron chi connectivity index (χ2n) is 9.40. The molecule has 4 aromatic carbocycles. The summed E-state index contributed by atoms with van der Waals surface area (Å²) in [4.78, 5) is 13.3. The Bertz CT molecular complexity index is 2090. The van der Waals surface area contributed by atoms with Gasteiger partial charge in [-0.3, -0.25) is 14.9 Å². The number of ether oxygens (including phenoxy) is 3. The summed E-state index contributed by atoms with van der Waals surface area (Å²) in [6, 6.07) is 16.1. The van der Waals surface area contributed by atoms with E-state index in [1.54, 1.807) is 12.1 Å². The second-order valence-corrected chi connectivity index (χ2v) is 12.3. The number of nitrogens with one attached hydrogen (secondary N) is 1. The number of rotatable bonds is 12. The van der Waals surface area contributed by atoms with Crippen LogP contribution in [0.1, 0.15) is 6.92 Å². The predicted molar refractivity (Wildman–Crippen MR) is 164 cm³/mol. The van der Waals surface area contributed by atoms with E-state index in [0.717, 1.165) is 6.07 Å². The summed E-state index contributed by atoms with van der Waals surface area (Å²) in [6.45, 7) is 1.25. The molecule has 1 N–H and O–H groups in total. The summed E-state index contributed by atoms with van der Waals surface area (Å²) in [5.41, 5.74) is 0.790. The molecule has 0 bridgehead atoms. The molecule has 24 heteroatoms. The Morgan fingerprint density at radius 3 is 2.21 bits per heavy atom. The van der Waals surface area contributed by atoms with Crippen LogP contribution in [-0.4, -0.2) is 32.8 Å². The number of nitrogens with zero attached hydrogens (tertiary/aromatic N) is 4. The summed E-state index contributed by atoms with van der Waals surface area (Å²) in [5.74, 6) is -0.0886. The van der Waals surface area contributed by atoms with E-state index in [4.69, 9.17) is 14.2 Å². The first-order chi connectivity index (χ1) is 23.6. The fourth-order valence-electron chi connectivity index (χ4n) is 4.23. The summed E-state index contributed by atoms with van der Waals surface area (Å²) < 4.78 is 61.0. The van der Waals surface area contributed by atoms with Gasteiger partial charge in [0.05, 0.1) is 53.2 Å². The Hall–Kier alpha value is -1.68. The minimum Gasteiger partial charge on any atom is -0.744 e. The van der Waals surface area contributed by atoms with Crippen LogP contribution >= 0.6 is 24.1 Å². The van der Waals surface area contributed by atoms with Crippen molar-refractivity contribution in [3.8, 4) is 11.5 Å². The maximum Gasteiger partial charge on any atom is 1.00 e. The molecular weight excluding hydrogens is 780 g/mol. The Labute approximate surface area is 370 Å². The quantitative estimate of drug-likeness (QED) is 0.0358. The van der Waals surface area contributed by atoms with Crippen LogP contribution in [0.2, 0.25) is 0 Å². The first-order valence-electron chi connectivity index (χ1n) is 13.3. The first-order valence-corrected chi connectivity index (χ1v) is 16.2. The molecule has 0 spiro atoms. The van der Waals surface area contributed by atoms with Gasteiger partial charge < -0.3 is 34.6 Å². The van der Waals surface area contributed by atoms with E-state index in [9.17, 15) is 28.3 Å². The molecule has 18 nitrogen and oxygen atoms in total. The summed E-state index contributed by atoms with van der Waals surface area (Å²) in [5, 5.41) is 46.6. The normalized spacial score (nSPS) is 12.6. The van der Waals surface area contributed by atoms with Crippen molar-refractivity contribution in [1.82, 2.24) is 0 Å². The molecule has 0 radical (unpaired) electrons. The number of methoxy groups -OCH3 is 1. The van der Waals surface area contributed by atoms with Crippen molar-refractivity contribution in [2.45, 2.75) is 21.6 Å². The van der Waals surface area contributed by atoms with E-state index in [1.807, 2.05) is 0 Å². The predicted octanol–water partition coefficient (Wildman–Crippen LogP) is -4.04. The molecule has 1 heterocycles. The van der Waals surface area contributed by atoms with Gasteiger partial charge >= 0.3 is 88.7 Å². The Balaban J connectivity index is 0.00000312. The van der Waals surface area contributed by atoms with Crippen LogP contribution in [0.15, 0.2) is 113 Å². The van der Waals surface area contributed by atoms with Gasteiger partial charge in [-0.1, -0.05) is 6.07 Å². The van der Waals surface area contributed by atoms with Crippen molar-refractivity contribution in [2.24, 2.45) is 20.5 Å². The number of carbonyl (C=O) groups is 1. The third kappa shape index (κ3) is 12.4. The second kappa shape index (κ2) is 22.0. The average Bonchev–Trinajstić information content (AvgIpc) is 3.16. The number of carbonyl (C=O) groups excluding carboxylic acids is 1. The molecule has 0 aromatic heterocycles. The standard InChI is InChI=1S/C28H23N5O13S3.3Na/c1-15-27(33-32-23-12-19(47-45-43-35)6-8-24(23)42-14-41-15)28(34)29-22-7-5-18(11-25(22)40-2)31-30-17-4-3-16-9-20(48-46-44-36)13-26(21(16)10-17)49(37,38)39;;;/h3-13,35-36H,14H2,1-2H3,(H,29,34)(H,37,38,39);;;/q;3*+1/p-3. The number of amides is 1. The number of allylic oxidation sites excluding steroid dienone is 1. The fourth-order valence-corrected chi connectivity index (χ4v) is 5.86. The smallest absolute Gasteiger partial charge is 0.744 e. The van der Waals surface area contributed by atoms with Crippen LogP contribution in [0, 0.1) is 0 Å². The van der Waals surface area contributed by atoms with Crippen LogP contribution in [-0.2, 0) is 38.4 Å². The number of hydrogen-bond acceptors (Lipinski definition) is 19. The Morgan fingerprint density at radius 1 is 0.865 bits per heavy atom. The maximum absolute atomic E-state index is 13.3. The van der Waals surface area contributed by atoms with E-state index in [0.29, 0.717) is 45.8 Å². The van der Waals surface area contributed by atoms with Gasteiger partial charge in [0.2, 0.25) is 6.79 Å². The number of anilines is 1. The first kappa shape index (κ1) is 46.5. The largest absolute Gasteiger partial charge is 1.00 e. The van der Waals surface area contributed by atoms with Gasteiger partial charge in [0.25, 0.3) is 5.91 Å². The van der Waals surface area contributed by atoms with Crippen molar-refractivity contribution < 1.29 is 150 Å². The average molecular weight is 800 g/mol. The summed E-state index contributed by atoms with van der Waals surface area (Å²) >= 11 is 1.08. The minimum absolute atomic E-state index is 0. The van der Waals surface area contributed by atoms with Crippen LogP contribution in [0.5, 0.6) is 11.5 Å². The van der Waals surface area contributed by atoms with Crippen molar-refractivity contribution in [3.63, 3.8) is 0 Å². The van der Waals surface area contributed by atoms with E-state index in [1.165, 1.54) is 62.6 Å². The van der Waals surface area contributed by atoms with Crippen molar-refractivity contribution in [2.75, 3.05) is 19.2 Å². The van der Waals surface area contributed by atoms with Crippen LogP contribution < -0.4 is 114 Å². The molecule has 4 aromatic rings. The number of hydrogen-bond donors (Lipinski definition) is 1.